The zero-order valence-electron chi connectivity index (χ0n) is 11.3. The predicted molar refractivity (Wildman–Crippen MR) is 76.7 cm³/mol. The molecule has 1 aliphatic heterocycles. The summed E-state index contributed by atoms with van der Waals surface area (Å²) in [5.74, 6) is -0.0237. The highest BCUT2D eigenvalue weighted by Gasteiger charge is 2.30. The number of aromatic nitrogens is 2. The highest BCUT2D eigenvalue weighted by Crippen LogP contribution is 2.28. The van der Waals surface area contributed by atoms with E-state index in [1.807, 2.05) is 30.8 Å². The predicted octanol–water partition coefficient (Wildman–Crippen LogP) is 2.13. The van der Waals surface area contributed by atoms with Crippen molar-refractivity contribution in [2.75, 3.05) is 6.61 Å². The molecule has 0 aliphatic carbocycles. The Morgan fingerprint density at radius 1 is 1.60 bits per heavy atom. The molecule has 2 aromatic heterocycles. The average Bonchev–Trinajstić information content (AvgIpc) is 3.10. The number of hydrogen-bond donors (Lipinski definition) is 1. The molecule has 0 bridgehead atoms. The van der Waals surface area contributed by atoms with Gasteiger partial charge in [0.15, 0.2) is 0 Å². The maximum Gasteiger partial charge on any atom is 0.261 e. The Bertz CT molecular complexity index is 579. The minimum Gasteiger partial charge on any atom is -0.371 e. The molecule has 0 aromatic carbocycles. The maximum atomic E-state index is 12.2. The number of nitrogens with zero attached hydrogens (tertiary/aromatic N) is 2. The van der Waals surface area contributed by atoms with Crippen molar-refractivity contribution in [1.82, 2.24) is 15.1 Å². The Kier molecular flexibility index (Phi) is 3.84. The number of nitrogens with one attached hydrogen (secondary N) is 1. The smallest absolute Gasteiger partial charge is 0.261 e. The lowest BCUT2D eigenvalue weighted by molar-refractivity contribution is -0.00945. The molecular formula is C14H17N3O2S. The number of aryl methyl sites for hydroxylation is 1. The van der Waals surface area contributed by atoms with Crippen LogP contribution in [0.5, 0.6) is 0 Å². The molecule has 6 heteroatoms. The summed E-state index contributed by atoms with van der Waals surface area (Å²) in [4.78, 5) is 12.9. The van der Waals surface area contributed by atoms with Gasteiger partial charge in [0.05, 0.1) is 17.1 Å². The van der Waals surface area contributed by atoms with Crippen LogP contribution >= 0.6 is 11.3 Å². The minimum absolute atomic E-state index is 0.00236. The lowest BCUT2D eigenvalue weighted by atomic mass is 9.98. The van der Waals surface area contributed by atoms with Gasteiger partial charge in [-0.3, -0.25) is 9.48 Å². The van der Waals surface area contributed by atoms with Crippen LogP contribution in [0.25, 0.3) is 0 Å². The molecule has 1 amide bonds. The molecule has 20 heavy (non-hydrogen) atoms. The summed E-state index contributed by atoms with van der Waals surface area (Å²) in [6.45, 7) is 0.727. The summed E-state index contributed by atoms with van der Waals surface area (Å²) in [7, 11) is 1.88. The molecule has 3 heterocycles. The fourth-order valence-corrected chi connectivity index (χ4v) is 3.12. The quantitative estimate of drug-likeness (QED) is 0.942. The SMILES string of the molecule is Cn1cc([C@H]2OCCC[C@@H]2NC(=O)c2cccs2)cn1. The van der Waals surface area contributed by atoms with Crippen molar-refractivity contribution in [2.24, 2.45) is 7.05 Å². The Hall–Kier alpha value is -1.66. The van der Waals surface area contributed by atoms with E-state index in [9.17, 15) is 4.79 Å². The molecule has 2 atom stereocenters. The second-order valence-corrected chi connectivity index (χ2v) is 5.89. The summed E-state index contributed by atoms with van der Waals surface area (Å²) in [6, 6.07) is 3.72. The van der Waals surface area contributed by atoms with Crippen molar-refractivity contribution in [3.63, 3.8) is 0 Å². The number of rotatable bonds is 3. The van der Waals surface area contributed by atoms with E-state index in [2.05, 4.69) is 10.4 Å². The van der Waals surface area contributed by atoms with Crippen LogP contribution in [0.4, 0.5) is 0 Å². The Morgan fingerprint density at radius 2 is 2.50 bits per heavy atom. The van der Waals surface area contributed by atoms with E-state index in [1.165, 1.54) is 11.3 Å². The topological polar surface area (TPSA) is 56.1 Å². The zero-order chi connectivity index (χ0) is 13.9. The summed E-state index contributed by atoms with van der Waals surface area (Å²) in [5.41, 5.74) is 1.02. The molecule has 2 aromatic rings. The van der Waals surface area contributed by atoms with E-state index in [4.69, 9.17) is 4.74 Å². The summed E-state index contributed by atoms with van der Waals surface area (Å²) in [6.07, 6.45) is 5.53. The standard InChI is InChI=1S/C14H17N3O2S/c1-17-9-10(8-15-17)13-11(4-2-6-19-13)16-14(18)12-5-3-7-20-12/h3,5,7-9,11,13H,2,4,6H2,1H3,(H,16,18)/t11-,13+/m0/s1. The molecule has 1 fully saturated rings. The third-order valence-corrected chi connectivity index (χ3v) is 4.31. The van der Waals surface area contributed by atoms with Crippen LogP contribution in [0.1, 0.15) is 34.2 Å². The van der Waals surface area contributed by atoms with Gasteiger partial charge < -0.3 is 10.1 Å². The van der Waals surface area contributed by atoms with Crippen molar-refractivity contribution in [1.29, 1.82) is 0 Å². The zero-order valence-corrected chi connectivity index (χ0v) is 12.1. The van der Waals surface area contributed by atoms with Gasteiger partial charge in [-0.2, -0.15) is 5.10 Å². The number of hydrogen-bond acceptors (Lipinski definition) is 4. The van der Waals surface area contributed by atoms with Crippen LogP contribution in [0.2, 0.25) is 0 Å². The van der Waals surface area contributed by atoms with Gasteiger partial charge in [0.1, 0.15) is 6.10 Å². The molecule has 0 unspecified atom stereocenters. The summed E-state index contributed by atoms with van der Waals surface area (Å²) >= 11 is 1.45. The molecule has 0 spiro atoms. The summed E-state index contributed by atoms with van der Waals surface area (Å²) in [5, 5.41) is 9.18. The van der Waals surface area contributed by atoms with E-state index < -0.39 is 0 Å². The summed E-state index contributed by atoms with van der Waals surface area (Å²) < 4.78 is 7.60. The fourth-order valence-electron chi connectivity index (χ4n) is 2.49. The van der Waals surface area contributed by atoms with E-state index in [0.717, 1.165) is 29.9 Å². The van der Waals surface area contributed by atoms with Crippen LogP contribution < -0.4 is 5.32 Å². The highest BCUT2D eigenvalue weighted by atomic mass is 32.1. The number of carbonyl (C=O) groups is 1. The molecule has 5 nitrogen and oxygen atoms in total. The monoisotopic (exact) mass is 291 g/mol. The van der Waals surface area contributed by atoms with E-state index in [1.54, 1.807) is 10.9 Å². The number of ether oxygens (including phenoxy) is 1. The normalized spacial score (nSPS) is 22.6. The largest absolute Gasteiger partial charge is 0.371 e. The van der Waals surface area contributed by atoms with Crippen LogP contribution in [0.3, 0.4) is 0 Å². The molecular weight excluding hydrogens is 274 g/mol. The van der Waals surface area contributed by atoms with Crippen LogP contribution in [0.15, 0.2) is 29.9 Å². The second kappa shape index (κ2) is 5.76. The van der Waals surface area contributed by atoms with Crippen molar-refractivity contribution in [3.05, 3.63) is 40.3 Å². The van der Waals surface area contributed by atoms with Crippen LogP contribution in [0, 0.1) is 0 Å². The van der Waals surface area contributed by atoms with Crippen molar-refractivity contribution < 1.29 is 9.53 Å². The lowest BCUT2D eigenvalue weighted by Crippen LogP contribution is -2.42. The fraction of sp³-hybridized carbons (Fsp3) is 0.429. The van der Waals surface area contributed by atoms with Gasteiger partial charge in [-0.25, -0.2) is 0 Å². The van der Waals surface area contributed by atoms with Gasteiger partial charge in [-0.1, -0.05) is 6.07 Å². The Labute approximate surface area is 121 Å². The molecule has 1 saturated heterocycles. The van der Waals surface area contributed by atoms with Gasteiger partial charge in [0, 0.05) is 25.4 Å². The number of carbonyl (C=O) groups excluding carboxylic acids is 1. The second-order valence-electron chi connectivity index (χ2n) is 4.94. The van der Waals surface area contributed by atoms with Gasteiger partial charge in [-0.15, -0.1) is 11.3 Å². The molecule has 106 valence electrons. The number of thiophene rings is 1. The Morgan fingerprint density at radius 3 is 3.20 bits per heavy atom. The first-order chi connectivity index (χ1) is 9.74. The van der Waals surface area contributed by atoms with E-state index in [-0.39, 0.29) is 18.1 Å². The molecule has 0 saturated carbocycles. The van der Waals surface area contributed by atoms with E-state index >= 15 is 0 Å². The van der Waals surface area contributed by atoms with Crippen LogP contribution in [-0.4, -0.2) is 28.3 Å². The maximum absolute atomic E-state index is 12.2. The van der Waals surface area contributed by atoms with Gasteiger partial charge >= 0.3 is 0 Å². The molecule has 0 radical (unpaired) electrons. The third kappa shape index (κ3) is 2.76. The van der Waals surface area contributed by atoms with Gasteiger partial charge in [0.2, 0.25) is 0 Å². The van der Waals surface area contributed by atoms with Crippen molar-refractivity contribution in [3.8, 4) is 0 Å². The highest BCUT2D eigenvalue weighted by molar-refractivity contribution is 7.12. The van der Waals surface area contributed by atoms with Gasteiger partial charge in [-0.05, 0) is 24.3 Å². The minimum atomic E-state index is -0.110. The van der Waals surface area contributed by atoms with Crippen LogP contribution in [-0.2, 0) is 11.8 Å². The van der Waals surface area contributed by atoms with Gasteiger partial charge in [0.25, 0.3) is 5.91 Å². The molecule has 1 N–H and O–H groups in total. The van der Waals surface area contributed by atoms with Crippen molar-refractivity contribution in [2.45, 2.75) is 25.0 Å². The third-order valence-electron chi connectivity index (χ3n) is 3.44. The first-order valence-corrected chi connectivity index (χ1v) is 7.56. The van der Waals surface area contributed by atoms with E-state index in [0.29, 0.717) is 0 Å². The number of amides is 1. The molecule has 1 aliphatic rings. The Balaban J connectivity index is 1.74. The lowest BCUT2D eigenvalue weighted by Gasteiger charge is -2.31. The molecule has 3 rings (SSSR count). The van der Waals surface area contributed by atoms with Crippen molar-refractivity contribution >= 4 is 17.2 Å². The average molecular weight is 291 g/mol. The first-order valence-electron chi connectivity index (χ1n) is 6.68. The first kappa shape index (κ1) is 13.3.